The summed E-state index contributed by atoms with van der Waals surface area (Å²) in [4.78, 5) is 11.7. The van der Waals surface area contributed by atoms with Crippen molar-refractivity contribution in [2.45, 2.75) is 43.9 Å². The van der Waals surface area contributed by atoms with Crippen LogP contribution in [0, 0.1) is 6.92 Å². The van der Waals surface area contributed by atoms with Crippen molar-refractivity contribution in [2.24, 2.45) is 0 Å². The number of carboxylic acid groups (broad SMARTS) is 1. The van der Waals surface area contributed by atoms with Crippen LogP contribution in [-0.4, -0.2) is 16.8 Å². The third-order valence-electron chi connectivity index (χ3n) is 2.64. The van der Waals surface area contributed by atoms with E-state index in [-0.39, 0.29) is 0 Å². The van der Waals surface area contributed by atoms with Gasteiger partial charge in [-0.1, -0.05) is 31.0 Å². The molecule has 0 bridgehead atoms. The van der Waals surface area contributed by atoms with Gasteiger partial charge in [0.15, 0.2) is 0 Å². The number of aliphatic carboxylic acids is 1. The number of aryl methyl sites for hydroxylation is 1. The number of benzene rings is 1. The minimum atomic E-state index is -0.681. The number of carbonyl (C=O) groups is 1. The number of hydrogen-bond donors (Lipinski definition) is 1. The van der Waals surface area contributed by atoms with Gasteiger partial charge in [-0.2, -0.15) is 0 Å². The number of carboxylic acids is 1. The molecular weight excluding hydrogens is 232 g/mol. The molecule has 1 aromatic rings. The maximum Gasteiger partial charge on any atom is 0.303 e. The van der Waals surface area contributed by atoms with Crippen molar-refractivity contribution in [1.29, 1.82) is 0 Å². The second-order valence-electron chi connectivity index (χ2n) is 4.17. The fourth-order valence-electron chi connectivity index (χ4n) is 1.63. The number of unbranched alkanes of at least 4 members (excludes halogenated alkanes) is 3. The minimum absolute atomic E-state index is 0.310. The summed E-state index contributed by atoms with van der Waals surface area (Å²) in [6.07, 6.45) is 4.45. The maximum atomic E-state index is 10.3. The lowest BCUT2D eigenvalue weighted by Gasteiger charge is -2.04. The van der Waals surface area contributed by atoms with E-state index in [1.54, 1.807) is 0 Å². The van der Waals surface area contributed by atoms with Crippen molar-refractivity contribution in [1.82, 2.24) is 0 Å². The van der Waals surface area contributed by atoms with E-state index < -0.39 is 5.97 Å². The Labute approximate surface area is 107 Å². The van der Waals surface area contributed by atoms with E-state index in [9.17, 15) is 4.79 Å². The van der Waals surface area contributed by atoms with Crippen molar-refractivity contribution in [2.75, 3.05) is 5.75 Å². The molecule has 17 heavy (non-hydrogen) atoms. The largest absolute Gasteiger partial charge is 0.481 e. The van der Waals surface area contributed by atoms with Crippen LogP contribution in [0.5, 0.6) is 0 Å². The van der Waals surface area contributed by atoms with Crippen LogP contribution in [0.4, 0.5) is 0 Å². The molecule has 0 aliphatic carbocycles. The predicted molar refractivity (Wildman–Crippen MR) is 72.6 cm³/mol. The average molecular weight is 252 g/mol. The molecule has 0 amide bonds. The lowest BCUT2D eigenvalue weighted by Crippen LogP contribution is -1.93. The van der Waals surface area contributed by atoms with Gasteiger partial charge >= 0.3 is 5.97 Å². The molecule has 3 heteroatoms. The Bertz CT molecular complexity index is 350. The molecule has 0 atom stereocenters. The highest BCUT2D eigenvalue weighted by Crippen LogP contribution is 2.23. The topological polar surface area (TPSA) is 37.3 Å². The molecule has 2 nitrogen and oxygen atoms in total. The van der Waals surface area contributed by atoms with E-state index in [1.807, 2.05) is 11.8 Å². The Kier molecular flexibility index (Phi) is 6.78. The fourth-order valence-corrected chi connectivity index (χ4v) is 2.67. The van der Waals surface area contributed by atoms with Gasteiger partial charge in [0, 0.05) is 11.3 Å². The zero-order chi connectivity index (χ0) is 12.5. The van der Waals surface area contributed by atoms with E-state index in [0.29, 0.717) is 6.42 Å². The van der Waals surface area contributed by atoms with Gasteiger partial charge < -0.3 is 5.11 Å². The first-order chi connectivity index (χ1) is 8.20. The van der Waals surface area contributed by atoms with Gasteiger partial charge in [-0.05, 0) is 37.1 Å². The zero-order valence-corrected chi connectivity index (χ0v) is 11.1. The molecular formula is C14H20O2S. The van der Waals surface area contributed by atoms with Crippen LogP contribution in [0.2, 0.25) is 0 Å². The van der Waals surface area contributed by atoms with Crippen LogP contribution >= 0.6 is 11.8 Å². The van der Waals surface area contributed by atoms with E-state index in [4.69, 9.17) is 5.11 Å². The molecule has 0 heterocycles. The van der Waals surface area contributed by atoms with Crippen LogP contribution in [0.15, 0.2) is 29.2 Å². The first-order valence-electron chi connectivity index (χ1n) is 6.10. The third-order valence-corrected chi connectivity index (χ3v) is 3.90. The third kappa shape index (κ3) is 6.37. The minimum Gasteiger partial charge on any atom is -0.481 e. The second-order valence-corrected chi connectivity index (χ2v) is 5.31. The average Bonchev–Trinajstić information content (AvgIpc) is 2.30. The lowest BCUT2D eigenvalue weighted by molar-refractivity contribution is -0.137. The molecule has 0 aliphatic heterocycles. The molecule has 1 aromatic carbocycles. The Morgan fingerprint density at radius 1 is 1.18 bits per heavy atom. The van der Waals surface area contributed by atoms with Crippen molar-refractivity contribution < 1.29 is 9.90 Å². The summed E-state index contributed by atoms with van der Waals surface area (Å²) >= 11 is 1.90. The van der Waals surface area contributed by atoms with Gasteiger partial charge in [-0.25, -0.2) is 0 Å². The Hall–Kier alpha value is -0.960. The van der Waals surface area contributed by atoms with E-state index in [1.165, 1.54) is 16.9 Å². The smallest absolute Gasteiger partial charge is 0.303 e. The number of thioether (sulfide) groups is 1. The number of hydrogen-bond acceptors (Lipinski definition) is 2. The van der Waals surface area contributed by atoms with Gasteiger partial charge in [-0.3, -0.25) is 4.79 Å². The predicted octanol–water partition coefficient (Wildman–Crippen LogP) is 4.12. The normalized spacial score (nSPS) is 10.4. The summed E-state index contributed by atoms with van der Waals surface area (Å²) in [5.74, 6) is 0.442. The van der Waals surface area contributed by atoms with E-state index >= 15 is 0 Å². The monoisotopic (exact) mass is 252 g/mol. The zero-order valence-electron chi connectivity index (χ0n) is 10.3. The molecule has 0 fully saturated rings. The highest BCUT2D eigenvalue weighted by atomic mass is 32.2. The molecule has 1 N–H and O–H groups in total. The maximum absolute atomic E-state index is 10.3. The molecule has 0 aliphatic rings. The number of rotatable bonds is 8. The standard InChI is InChI=1S/C14H20O2S/c1-12-8-5-6-9-13(12)17-11-7-3-2-4-10-14(15)16/h5-6,8-9H,2-4,7,10-11H2,1H3,(H,15,16). The molecule has 0 spiro atoms. The summed E-state index contributed by atoms with van der Waals surface area (Å²) in [6.45, 7) is 2.13. The molecule has 0 radical (unpaired) electrons. The summed E-state index contributed by atoms with van der Waals surface area (Å²) in [5, 5.41) is 8.49. The first kappa shape index (κ1) is 14.1. The van der Waals surface area contributed by atoms with Crippen molar-refractivity contribution in [3.05, 3.63) is 29.8 Å². The molecule has 1 rings (SSSR count). The molecule has 0 aromatic heterocycles. The quantitative estimate of drug-likeness (QED) is 0.558. The van der Waals surface area contributed by atoms with Gasteiger partial charge in [-0.15, -0.1) is 11.8 Å². The van der Waals surface area contributed by atoms with Crippen molar-refractivity contribution in [3.63, 3.8) is 0 Å². The summed E-state index contributed by atoms with van der Waals surface area (Å²) < 4.78 is 0. The van der Waals surface area contributed by atoms with Gasteiger partial charge in [0.05, 0.1) is 0 Å². The van der Waals surface area contributed by atoms with Gasteiger partial charge in [0.1, 0.15) is 0 Å². The Balaban J connectivity index is 2.05. The van der Waals surface area contributed by atoms with Crippen molar-refractivity contribution in [3.8, 4) is 0 Å². The van der Waals surface area contributed by atoms with E-state index in [0.717, 1.165) is 25.0 Å². The highest BCUT2D eigenvalue weighted by molar-refractivity contribution is 7.99. The van der Waals surface area contributed by atoms with Crippen LogP contribution in [0.25, 0.3) is 0 Å². The van der Waals surface area contributed by atoms with Crippen LogP contribution < -0.4 is 0 Å². The van der Waals surface area contributed by atoms with Crippen LogP contribution in [-0.2, 0) is 4.79 Å². The first-order valence-corrected chi connectivity index (χ1v) is 7.09. The van der Waals surface area contributed by atoms with Crippen molar-refractivity contribution >= 4 is 17.7 Å². The molecule has 0 saturated carbocycles. The Morgan fingerprint density at radius 3 is 2.59 bits per heavy atom. The fraction of sp³-hybridized carbons (Fsp3) is 0.500. The van der Waals surface area contributed by atoms with E-state index in [2.05, 4.69) is 31.2 Å². The summed E-state index contributed by atoms with van der Waals surface area (Å²) in [5.41, 5.74) is 1.34. The molecule has 0 unspecified atom stereocenters. The molecule has 0 saturated heterocycles. The van der Waals surface area contributed by atoms with Crippen LogP contribution in [0.1, 0.15) is 37.7 Å². The summed E-state index contributed by atoms with van der Waals surface area (Å²) in [7, 11) is 0. The van der Waals surface area contributed by atoms with Gasteiger partial charge in [0.25, 0.3) is 0 Å². The second kappa shape index (κ2) is 8.18. The molecule has 94 valence electrons. The lowest BCUT2D eigenvalue weighted by atomic mass is 10.2. The highest BCUT2D eigenvalue weighted by Gasteiger charge is 1.99. The van der Waals surface area contributed by atoms with Gasteiger partial charge in [0.2, 0.25) is 0 Å². The van der Waals surface area contributed by atoms with Crippen LogP contribution in [0.3, 0.4) is 0 Å². The Morgan fingerprint density at radius 2 is 1.88 bits per heavy atom. The summed E-state index contributed by atoms with van der Waals surface area (Å²) in [6, 6.07) is 8.42. The SMILES string of the molecule is Cc1ccccc1SCCCCCCC(=O)O.